The van der Waals surface area contributed by atoms with Crippen LogP contribution in [0.3, 0.4) is 0 Å². The lowest BCUT2D eigenvalue weighted by Crippen LogP contribution is -2.58. The van der Waals surface area contributed by atoms with Gasteiger partial charge in [-0.25, -0.2) is 0 Å². The van der Waals surface area contributed by atoms with E-state index < -0.39 is 48.2 Å². The van der Waals surface area contributed by atoms with Crippen LogP contribution in [0.1, 0.15) is 47.8 Å². The SMILES string of the molecule is COc1c(O[C@@H]2OC(C)[C@@H](O)C(O)C2O)ccc2c1CC(=O)C(NC(=O)c1ccc(O)c(CC=C(C)C)c1)=C2O. The van der Waals surface area contributed by atoms with Crippen molar-refractivity contribution in [3.05, 3.63) is 69.9 Å². The molecule has 0 aromatic heterocycles. The third kappa shape index (κ3) is 5.68. The van der Waals surface area contributed by atoms with Gasteiger partial charge in [0.1, 0.15) is 35.5 Å². The molecule has 1 aliphatic carbocycles. The second-order valence-electron chi connectivity index (χ2n) is 10.0. The summed E-state index contributed by atoms with van der Waals surface area (Å²) < 4.78 is 16.7. The van der Waals surface area contributed by atoms with Crippen LogP contribution in [0.2, 0.25) is 0 Å². The van der Waals surface area contributed by atoms with Gasteiger partial charge in [-0.15, -0.1) is 0 Å². The standard InChI is InChI=1S/C29H33NO10/c1-13(2)5-6-15-11-16(7-9-19(15)31)28(37)30-22-20(32)12-18-17(24(22)34)8-10-21(27(18)38-4)40-29-26(36)25(35)23(33)14(3)39-29/h5,7-11,14,23,25-26,29,31,33-36H,6,12H2,1-4H3,(H,30,37)/t14?,23-,25?,26?,29+/m1/s1. The summed E-state index contributed by atoms with van der Waals surface area (Å²) in [6, 6.07) is 7.23. The Labute approximate surface area is 230 Å². The number of amides is 1. The molecular formula is C29H33NO10. The largest absolute Gasteiger partial charge is 0.508 e. The van der Waals surface area contributed by atoms with Gasteiger partial charge < -0.3 is 45.1 Å². The summed E-state index contributed by atoms with van der Waals surface area (Å²) in [7, 11) is 1.34. The molecule has 1 fully saturated rings. The number of rotatable bonds is 7. The quantitative estimate of drug-likeness (QED) is 0.277. The van der Waals surface area contributed by atoms with Gasteiger partial charge in [-0.2, -0.15) is 0 Å². The fourth-order valence-electron chi connectivity index (χ4n) is 4.59. The Morgan fingerprint density at radius 2 is 1.82 bits per heavy atom. The maximum Gasteiger partial charge on any atom is 0.255 e. The number of allylic oxidation sites excluding steroid dienone is 3. The summed E-state index contributed by atoms with van der Waals surface area (Å²) in [5.74, 6) is -1.48. The second kappa shape index (κ2) is 11.7. The molecule has 1 amide bonds. The molecule has 1 heterocycles. The second-order valence-corrected chi connectivity index (χ2v) is 10.0. The molecule has 0 saturated carbocycles. The van der Waals surface area contributed by atoms with E-state index in [9.17, 15) is 35.1 Å². The predicted octanol–water partition coefficient (Wildman–Crippen LogP) is 1.90. The summed E-state index contributed by atoms with van der Waals surface area (Å²) in [6.07, 6.45) is -4.47. The van der Waals surface area contributed by atoms with E-state index in [1.54, 1.807) is 0 Å². The Balaban J connectivity index is 1.61. The van der Waals surface area contributed by atoms with Crippen LogP contribution < -0.4 is 14.8 Å². The lowest BCUT2D eigenvalue weighted by Gasteiger charge is -2.39. The van der Waals surface area contributed by atoms with Gasteiger partial charge in [-0.1, -0.05) is 11.6 Å². The van der Waals surface area contributed by atoms with Crippen LogP contribution >= 0.6 is 0 Å². The van der Waals surface area contributed by atoms with Crippen LogP contribution in [0.15, 0.2) is 47.7 Å². The Hall–Kier alpha value is -3.90. The molecule has 3 unspecified atom stereocenters. The fourth-order valence-corrected chi connectivity index (χ4v) is 4.59. The van der Waals surface area contributed by atoms with Crippen molar-refractivity contribution in [1.29, 1.82) is 0 Å². The first kappa shape index (κ1) is 29.1. The van der Waals surface area contributed by atoms with E-state index in [4.69, 9.17) is 14.2 Å². The van der Waals surface area contributed by atoms with Gasteiger partial charge in [0.05, 0.1) is 13.2 Å². The average Bonchev–Trinajstić information content (AvgIpc) is 2.91. The number of aromatic hydroxyl groups is 1. The molecule has 0 radical (unpaired) electrons. The number of aliphatic hydroxyl groups is 4. The first-order chi connectivity index (χ1) is 18.9. The number of aliphatic hydroxyl groups excluding tert-OH is 4. The lowest BCUT2D eigenvalue weighted by molar-refractivity contribution is -0.268. The fraction of sp³-hybridized carbons (Fsp3) is 0.379. The molecule has 4 rings (SSSR count). The topological polar surface area (TPSA) is 175 Å². The molecule has 11 nitrogen and oxygen atoms in total. The molecule has 11 heteroatoms. The van der Waals surface area contributed by atoms with Crippen molar-refractivity contribution < 1.29 is 49.3 Å². The molecule has 1 saturated heterocycles. The van der Waals surface area contributed by atoms with E-state index in [0.717, 1.165) is 5.57 Å². The van der Waals surface area contributed by atoms with E-state index in [1.165, 1.54) is 44.4 Å². The molecule has 0 spiro atoms. The third-order valence-corrected chi connectivity index (χ3v) is 6.90. The number of methoxy groups -OCH3 is 1. The van der Waals surface area contributed by atoms with Crippen LogP contribution in [0.5, 0.6) is 17.2 Å². The number of fused-ring (bicyclic) bond motifs is 1. The number of hydrogen-bond donors (Lipinski definition) is 6. The number of benzene rings is 2. The van der Waals surface area contributed by atoms with Gasteiger partial charge in [0, 0.05) is 23.1 Å². The first-order valence-corrected chi connectivity index (χ1v) is 12.7. The van der Waals surface area contributed by atoms with Crippen LogP contribution in [-0.4, -0.2) is 75.0 Å². The zero-order valence-corrected chi connectivity index (χ0v) is 22.5. The van der Waals surface area contributed by atoms with Gasteiger partial charge in [-0.05, 0) is 63.1 Å². The average molecular weight is 556 g/mol. The number of carbonyl (C=O) groups is 2. The van der Waals surface area contributed by atoms with Crippen molar-refractivity contribution in [2.24, 2.45) is 0 Å². The minimum absolute atomic E-state index is 0.0372. The van der Waals surface area contributed by atoms with E-state index >= 15 is 0 Å². The van der Waals surface area contributed by atoms with E-state index in [1.807, 2.05) is 19.9 Å². The smallest absolute Gasteiger partial charge is 0.255 e. The highest BCUT2D eigenvalue weighted by atomic mass is 16.7. The number of ketones is 1. The number of phenolic OH excluding ortho intramolecular Hbond substituents is 1. The van der Waals surface area contributed by atoms with E-state index in [-0.39, 0.29) is 46.1 Å². The maximum atomic E-state index is 13.1. The highest BCUT2D eigenvalue weighted by molar-refractivity contribution is 6.10. The van der Waals surface area contributed by atoms with Crippen LogP contribution in [-0.2, 0) is 22.4 Å². The van der Waals surface area contributed by atoms with Crippen LogP contribution in [0, 0.1) is 0 Å². The number of hydrogen-bond acceptors (Lipinski definition) is 10. The molecule has 1 aliphatic heterocycles. The highest BCUT2D eigenvalue weighted by Gasteiger charge is 2.43. The van der Waals surface area contributed by atoms with E-state index in [2.05, 4.69) is 5.32 Å². The van der Waals surface area contributed by atoms with Gasteiger partial charge in [0.15, 0.2) is 17.3 Å². The van der Waals surface area contributed by atoms with Crippen molar-refractivity contribution in [3.63, 3.8) is 0 Å². The van der Waals surface area contributed by atoms with E-state index in [0.29, 0.717) is 12.0 Å². The molecule has 5 atom stereocenters. The molecule has 2 aliphatic rings. The molecular weight excluding hydrogens is 522 g/mol. The summed E-state index contributed by atoms with van der Waals surface area (Å²) in [4.78, 5) is 26.1. The Morgan fingerprint density at radius 3 is 2.50 bits per heavy atom. The molecule has 0 bridgehead atoms. The lowest BCUT2D eigenvalue weighted by atomic mass is 9.91. The zero-order valence-electron chi connectivity index (χ0n) is 22.5. The van der Waals surface area contributed by atoms with Crippen LogP contribution in [0.25, 0.3) is 5.76 Å². The number of phenols is 1. The van der Waals surface area contributed by atoms with Crippen molar-refractivity contribution in [2.75, 3.05) is 7.11 Å². The Bertz CT molecular complexity index is 1380. The van der Waals surface area contributed by atoms with Crippen LogP contribution in [0.4, 0.5) is 0 Å². The number of carbonyl (C=O) groups excluding carboxylic acids is 2. The van der Waals surface area contributed by atoms with Crippen molar-refractivity contribution >= 4 is 17.4 Å². The number of nitrogens with one attached hydrogen (secondary N) is 1. The van der Waals surface area contributed by atoms with Crippen molar-refractivity contribution in [2.45, 2.75) is 64.3 Å². The van der Waals surface area contributed by atoms with Gasteiger partial charge in [0.2, 0.25) is 6.29 Å². The molecule has 2 aromatic rings. The maximum absolute atomic E-state index is 13.1. The molecule has 2 aromatic carbocycles. The number of Topliss-reactive ketones (excluding diaryl/α,β-unsaturated/α-hetero) is 1. The third-order valence-electron chi connectivity index (χ3n) is 6.90. The minimum atomic E-state index is -1.56. The Morgan fingerprint density at radius 1 is 1.10 bits per heavy atom. The van der Waals surface area contributed by atoms with Crippen molar-refractivity contribution in [1.82, 2.24) is 5.32 Å². The highest BCUT2D eigenvalue weighted by Crippen LogP contribution is 2.41. The number of ether oxygens (including phenoxy) is 3. The minimum Gasteiger partial charge on any atom is -0.508 e. The molecule has 40 heavy (non-hydrogen) atoms. The van der Waals surface area contributed by atoms with Crippen molar-refractivity contribution in [3.8, 4) is 17.2 Å². The van der Waals surface area contributed by atoms with Gasteiger partial charge in [-0.3, -0.25) is 9.59 Å². The summed E-state index contributed by atoms with van der Waals surface area (Å²) >= 11 is 0. The Kier molecular flexibility index (Phi) is 8.50. The van der Waals surface area contributed by atoms with Gasteiger partial charge >= 0.3 is 0 Å². The summed E-state index contributed by atoms with van der Waals surface area (Å²) in [6.45, 7) is 5.35. The molecule has 6 N–H and O–H groups in total. The monoisotopic (exact) mass is 555 g/mol. The summed E-state index contributed by atoms with van der Waals surface area (Å²) in [5, 5.41) is 53.9. The molecule has 214 valence electrons. The zero-order chi connectivity index (χ0) is 29.3. The summed E-state index contributed by atoms with van der Waals surface area (Å²) in [5.41, 5.74) is 2.00. The predicted molar refractivity (Wildman–Crippen MR) is 143 cm³/mol. The first-order valence-electron chi connectivity index (χ1n) is 12.7. The van der Waals surface area contributed by atoms with Gasteiger partial charge in [0.25, 0.3) is 5.91 Å². The normalized spacial score (nSPS) is 24.3.